The van der Waals surface area contributed by atoms with E-state index in [1.54, 1.807) is 18.3 Å². The number of amides is 1. The van der Waals surface area contributed by atoms with Gasteiger partial charge in [-0.25, -0.2) is 4.90 Å². The van der Waals surface area contributed by atoms with Crippen LogP contribution in [0.15, 0.2) is 54.9 Å². The SMILES string of the molecule is N=C(N)N(C(=O)CCc1ccccc1)c1cccnc1. The van der Waals surface area contributed by atoms with E-state index in [0.29, 0.717) is 18.5 Å². The zero-order chi connectivity index (χ0) is 14.4. The highest BCUT2D eigenvalue weighted by Gasteiger charge is 2.18. The maximum absolute atomic E-state index is 12.2. The number of hydrogen-bond donors (Lipinski definition) is 2. The molecule has 1 aromatic heterocycles. The molecule has 0 atom stereocenters. The van der Waals surface area contributed by atoms with Crippen molar-refractivity contribution < 1.29 is 4.79 Å². The average molecular weight is 268 g/mol. The molecule has 2 aromatic rings. The van der Waals surface area contributed by atoms with Crippen molar-refractivity contribution in [1.82, 2.24) is 4.98 Å². The molecule has 0 radical (unpaired) electrons. The topological polar surface area (TPSA) is 83.1 Å². The van der Waals surface area contributed by atoms with Crippen LogP contribution in [0.4, 0.5) is 5.69 Å². The number of guanidine groups is 1. The molecule has 0 fully saturated rings. The lowest BCUT2D eigenvalue weighted by atomic mass is 10.1. The Balaban J connectivity index is 2.07. The highest BCUT2D eigenvalue weighted by atomic mass is 16.2. The fourth-order valence-electron chi connectivity index (χ4n) is 1.91. The molecule has 0 aliphatic rings. The predicted molar refractivity (Wildman–Crippen MR) is 78.4 cm³/mol. The van der Waals surface area contributed by atoms with E-state index in [9.17, 15) is 4.79 Å². The van der Waals surface area contributed by atoms with Crippen LogP contribution in [0.2, 0.25) is 0 Å². The molecule has 1 heterocycles. The number of benzene rings is 1. The van der Waals surface area contributed by atoms with Crippen molar-refractivity contribution in [3.05, 3.63) is 60.4 Å². The molecular weight excluding hydrogens is 252 g/mol. The standard InChI is InChI=1S/C15H16N4O/c16-15(17)19(13-7-4-10-18-11-13)14(20)9-8-12-5-2-1-3-6-12/h1-7,10-11H,8-9H2,(H3,16,17). The number of nitrogens with one attached hydrogen (secondary N) is 1. The molecule has 0 saturated carbocycles. The number of nitrogens with zero attached hydrogens (tertiary/aromatic N) is 2. The quantitative estimate of drug-likeness (QED) is 0.656. The molecule has 0 unspecified atom stereocenters. The summed E-state index contributed by atoms with van der Waals surface area (Å²) >= 11 is 0. The summed E-state index contributed by atoms with van der Waals surface area (Å²) < 4.78 is 0. The number of aromatic nitrogens is 1. The average Bonchev–Trinajstić information content (AvgIpc) is 2.47. The van der Waals surface area contributed by atoms with Crippen LogP contribution in [0.1, 0.15) is 12.0 Å². The molecule has 0 spiro atoms. The van der Waals surface area contributed by atoms with E-state index in [4.69, 9.17) is 11.1 Å². The number of pyridine rings is 1. The molecule has 3 N–H and O–H groups in total. The fourth-order valence-corrected chi connectivity index (χ4v) is 1.91. The molecule has 0 bridgehead atoms. The second-order valence-electron chi connectivity index (χ2n) is 4.31. The molecule has 20 heavy (non-hydrogen) atoms. The zero-order valence-corrected chi connectivity index (χ0v) is 11.0. The van der Waals surface area contributed by atoms with E-state index < -0.39 is 0 Å². The Morgan fingerprint density at radius 1 is 1.20 bits per heavy atom. The summed E-state index contributed by atoms with van der Waals surface area (Å²) in [5.41, 5.74) is 7.09. The molecule has 0 aliphatic heterocycles. The Hall–Kier alpha value is -2.69. The minimum absolute atomic E-state index is 0.214. The highest BCUT2D eigenvalue weighted by Crippen LogP contribution is 2.13. The van der Waals surface area contributed by atoms with E-state index in [1.165, 1.54) is 11.1 Å². The molecule has 1 aromatic carbocycles. The smallest absolute Gasteiger partial charge is 0.234 e. The van der Waals surface area contributed by atoms with Crippen LogP contribution < -0.4 is 10.6 Å². The summed E-state index contributed by atoms with van der Waals surface area (Å²) in [6.45, 7) is 0. The monoisotopic (exact) mass is 268 g/mol. The lowest BCUT2D eigenvalue weighted by molar-refractivity contribution is -0.117. The first-order chi connectivity index (χ1) is 9.68. The maximum Gasteiger partial charge on any atom is 0.234 e. The van der Waals surface area contributed by atoms with Gasteiger partial charge >= 0.3 is 0 Å². The van der Waals surface area contributed by atoms with Gasteiger partial charge in [0.25, 0.3) is 0 Å². The number of carbonyl (C=O) groups excluding carboxylic acids is 1. The maximum atomic E-state index is 12.2. The Morgan fingerprint density at radius 3 is 2.55 bits per heavy atom. The minimum atomic E-state index is -0.295. The minimum Gasteiger partial charge on any atom is -0.369 e. The van der Waals surface area contributed by atoms with Gasteiger partial charge in [-0.1, -0.05) is 30.3 Å². The van der Waals surface area contributed by atoms with Gasteiger partial charge in [-0.2, -0.15) is 0 Å². The van der Waals surface area contributed by atoms with Crippen molar-refractivity contribution in [2.45, 2.75) is 12.8 Å². The van der Waals surface area contributed by atoms with Crippen LogP contribution in [0.5, 0.6) is 0 Å². The van der Waals surface area contributed by atoms with Crippen LogP contribution in [0, 0.1) is 5.41 Å². The largest absolute Gasteiger partial charge is 0.369 e. The molecule has 102 valence electrons. The van der Waals surface area contributed by atoms with Crippen LogP contribution >= 0.6 is 0 Å². The zero-order valence-electron chi connectivity index (χ0n) is 11.0. The first-order valence-electron chi connectivity index (χ1n) is 6.29. The molecule has 0 saturated heterocycles. The molecule has 5 heteroatoms. The number of carbonyl (C=O) groups is 1. The third kappa shape index (κ3) is 3.41. The van der Waals surface area contributed by atoms with Gasteiger partial charge in [0.1, 0.15) is 0 Å². The third-order valence-corrected chi connectivity index (χ3v) is 2.86. The first-order valence-corrected chi connectivity index (χ1v) is 6.29. The number of anilines is 1. The van der Waals surface area contributed by atoms with Crippen LogP contribution in [-0.2, 0) is 11.2 Å². The van der Waals surface area contributed by atoms with Crippen molar-refractivity contribution in [2.75, 3.05) is 4.90 Å². The third-order valence-electron chi connectivity index (χ3n) is 2.86. The van der Waals surface area contributed by atoms with E-state index in [1.807, 2.05) is 30.3 Å². The lowest BCUT2D eigenvalue weighted by Crippen LogP contribution is -2.41. The Bertz CT molecular complexity index is 583. The van der Waals surface area contributed by atoms with Crippen molar-refractivity contribution in [1.29, 1.82) is 5.41 Å². The van der Waals surface area contributed by atoms with Crippen molar-refractivity contribution in [3.63, 3.8) is 0 Å². The van der Waals surface area contributed by atoms with E-state index in [2.05, 4.69) is 4.98 Å². The number of nitrogens with two attached hydrogens (primary N) is 1. The number of rotatable bonds is 4. The Morgan fingerprint density at radius 2 is 1.95 bits per heavy atom. The molecule has 1 amide bonds. The van der Waals surface area contributed by atoms with Gasteiger partial charge in [-0.3, -0.25) is 15.2 Å². The number of hydrogen-bond acceptors (Lipinski definition) is 3. The van der Waals surface area contributed by atoms with Gasteiger partial charge in [0.05, 0.1) is 11.9 Å². The molecule has 2 rings (SSSR count). The van der Waals surface area contributed by atoms with E-state index >= 15 is 0 Å². The number of aryl methyl sites for hydroxylation is 1. The van der Waals surface area contributed by atoms with E-state index in [0.717, 1.165) is 5.56 Å². The van der Waals surface area contributed by atoms with Gasteiger partial charge in [0, 0.05) is 12.6 Å². The van der Waals surface area contributed by atoms with E-state index in [-0.39, 0.29) is 11.9 Å². The van der Waals surface area contributed by atoms with Crippen molar-refractivity contribution in [3.8, 4) is 0 Å². The Kier molecular flexibility index (Phi) is 4.44. The summed E-state index contributed by atoms with van der Waals surface area (Å²) in [6, 6.07) is 13.1. The Labute approximate surface area is 117 Å². The van der Waals surface area contributed by atoms with Gasteiger partial charge in [-0.05, 0) is 24.1 Å². The van der Waals surface area contributed by atoms with Gasteiger partial charge in [0.15, 0.2) is 5.96 Å². The van der Waals surface area contributed by atoms with Crippen LogP contribution in [0.3, 0.4) is 0 Å². The molecule has 0 aliphatic carbocycles. The van der Waals surface area contributed by atoms with Gasteiger partial charge < -0.3 is 5.73 Å². The fraction of sp³-hybridized carbons (Fsp3) is 0.133. The summed E-state index contributed by atoms with van der Waals surface area (Å²) in [6.07, 6.45) is 4.03. The molecule has 5 nitrogen and oxygen atoms in total. The predicted octanol–water partition coefficient (Wildman–Crippen LogP) is 1.94. The second kappa shape index (κ2) is 6.47. The van der Waals surface area contributed by atoms with Crippen molar-refractivity contribution in [2.24, 2.45) is 5.73 Å². The lowest BCUT2D eigenvalue weighted by Gasteiger charge is -2.20. The highest BCUT2D eigenvalue weighted by molar-refractivity contribution is 6.14. The normalized spacial score (nSPS) is 10.0. The van der Waals surface area contributed by atoms with Crippen LogP contribution in [0.25, 0.3) is 0 Å². The second-order valence-corrected chi connectivity index (χ2v) is 4.31. The van der Waals surface area contributed by atoms with Crippen molar-refractivity contribution >= 4 is 17.6 Å². The van der Waals surface area contributed by atoms with Gasteiger partial charge in [0.2, 0.25) is 5.91 Å². The summed E-state index contributed by atoms with van der Waals surface area (Å²) in [5, 5.41) is 7.56. The summed E-state index contributed by atoms with van der Waals surface area (Å²) in [7, 11) is 0. The summed E-state index contributed by atoms with van der Waals surface area (Å²) in [4.78, 5) is 17.4. The van der Waals surface area contributed by atoms with Gasteiger partial charge in [-0.15, -0.1) is 0 Å². The molecular formula is C15H16N4O. The first kappa shape index (κ1) is 13.7. The van der Waals surface area contributed by atoms with Crippen LogP contribution in [-0.4, -0.2) is 16.9 Å². The summed E-state index contributed by atoms with van der Waals surface area (Å²) in [5.74, 6) is -0.509.